The molecule has 1 heterocycles. The molecule has 60 valence electrons. The van der Waals surface area contributed by atoms with Gasteiger partial charge < -0.3 is 9.84 Å². The zero-order valence-electron chi connectivity index (χ0n) is 6.42. The number of nitrogens with one attached hydrogen (secondary N) is 1. The van der Waals surface area contributed by atoms with E-state index in [1.54, 1.807) is 12.5 Å². The van der Waals surface area contributed by atoms with Crippen molar-refractivity contribution in [2.24, 2.45) is 0 Å². The summed E-state index contributed by atoms with van der Waals surface area (Å²) in [6, 6.07) is 0.801. The molecule has 1 aromatic heterocycles. The first-order valence-electron chi connectivity index (χ1n) is 4.07. The van der Waals surface area contributed by atoms with Gasteiger partial charge in [0.05, 0.1) is 6.20 Å². The standard InChI is InChI=1S/C8H12N2O/c1-2-8(1)9-4-3-7-5-10-11-6-7/h5-6,8-9H,1-4H2. The molecule has 0 radical (unpaired) electrons. The predicted molar refractivity (Wildman–Crippen MR) is 41.2 cm³/mol. The van der Waals surface area contributed by atoms with E-state index in [4.69, 9.17) is 4.52 Å². The first-order valence-corrected chi connectivity index (χ1v) is 4.07. The normalized spacial score (nSPS) is 17.1. The summed E-state index contributed by atoms with van der Waals surface area (Å²) in [5, 5.41) is 7.06. The molecular formula is C8H12N2O. The number of hydrogen-bond donors (Lipinski definition) is 1. The molecule has 0 aliphatic heterocycles. The fourth-order valence-corrected chi connectivity index (χ4v) is 1.06. The van der Waals surface area contributed by atoms with E-state index in [1.165, 1.54) is 18.4 Å². The molecular weight excluding hydrogens is 140 g/mol. The van der Waals surface area contributed by atoms with Crippen molar-refractivity contribution in [1.29, 1.82) is 0 Å². The Balaban J connectivity index is 1.66. The summed E-state index contributed by atoms with van der Waals surface area (Å²) in [6.45, 7) is 1.05. The Morgan fingerprint density at radius 1 is 1.64 bits per heavy atom. The molecule has 0 spiro atoms. The lowest BCUT2D eigenvalue weighted by atomic mass is 10.2. The Morgan fingerprint density at radius 3 is 3.18 bits per heavy atom. The van der Waals surface area contributed by atoms with Crippen molar-refractivity contribution >= 4 is 0 Å². The Kier molecular flexibility index (Phi) is 1.90. The van der Waals surface area contributed by atoms with Crippen LogP contribution >= 0.6 is 0 Å². The lowest BCUT2D eigenvalue weighted by Crippen LogP contribution is -2.18. The average molecular weight is 152 g/mol. The smallest absolute Gasteiger partial charge is 0.127 e. The van der Waals surface area contributed by atoms with Gasteiger partial charge in [0.2, 0.25) is 0 Å². The van der Waals surface area contributed by atoms with Crippen molar-refractivity contribution in [3.8, 4) is 0 Å². The van der Waals surface area contributed by atoms with Crippen LogP contribution < -0.4 is 5.32 Å². The minimum Gasteiger partial charge on any atom is -0.364 e. The molecule has 0 saturated heterocycles. The highest BCUT2D eigenvalue weighted by Crippen LogP contribution is 2.18. The molecule has 0 aromatic carbocycles. The Bertz CT molecular complexity index is 204. The third kappa shape index (κ3) is 2.05. The molecule has 1 aromatic rings. The van der Waals surface area contributed by atoms with E-state index >= 15 is 0 Å². The molecule has 1 fully saturated rings. The van der Waals surface area contributed by atoms with Gasteiger partial charge in [-0.25, -0.2) is 0 Å². The van der Waals surface area contributed by atoms with Crippen molar-refractivity contribution in [3.05, 3.63) is 18.0 Å². The molecule has 0 atom stereocenters. The Morgan fingerprint density at radius 2 is 2.55 bits per heavy atom. The molecule has 3 nitrogen and oxygen atoms in total. The quantitative estimate of drug-likeness (QED) is 0.698. The van der Waals surface area contributed by atoms with E-state index in [9.17, 15) is 0 Å². The van der Waals surface area contributed by atoms with Crippen molar-refractivity contribution in [1.82, 2.24) is 10.5 Å². The third-order valence-electron chi connectivity index (χ3n) is 1.91. The topological polar surface area (TPSA) is 38.1 Å². The van der Waals surface area contributed by atoms with E-state index in [0.29, 0.717) is 0 Å². The molecule has 2 rings (SSSR count). The van der Waals surface area contributed by atoms with Crippen LogP contribution in [0.25, 0.3) is 0 Å². The highest BCUT2D eigenvalue weighted by Gasteiger charge is 2.19. The molecule has 1 aliphatic rings. The highest BCUT2D eigenvalue weighted by atomic mass is 16.5. The van der Waals surface area contributed by atoms with E-state index in [-0.39, 0.29) is 0 Å². The van der Waals surface area contributed by atoms with Crippen molar-refractivity contribution in [2.75, 3.05) is 6.54 Å². The van der Waals surface area contributed by atoms with Crippen LogP contribution in [0.5, 0.6) is 0 Å². The molecule has 0 bridgehead atoms. The summed E-state index contributed by atoms with van der Waals surface area (Å²) in [5.74, 6) is 0. The zero-order chi connectivity index (χ0) is 7.52. The summed E-state index contributed by atoms with van der Waals surface area (Å²) < 4.78 is 4.71. The van der Waals surface area contributed by atoms with Crippen LogP contribution in [-0.2, 0) is 6.42 Å². The maximum absolute atomic E-state index is 4.71. The fourth-order valence-electron chi connectivity index (χ4n) is 1.06. The summed E-state index contributed by atoms with van der Waals surface area (Å²) in [7, 11) is 0. The molecule has 0 unspecified atom stereocenters. The first-order chi connectivity index (χ1) is 5.45. The van der Waals surface area contributed by atoms with Crippen LogP contribution in [0.1, 0.15) is 18.4 Å². The van der Waals surface area contributed by atoms with Gasteiger partial charge in [0.25, 0.3) is 0 Å². The van der Waals surface area contributed by atoms with Crippen molar-refractivity contribution in [3.63, 3.8) is 0 Å². The third-order valence-corrected chi connectivity index (χ3v) is 1.91. The lowest BCUT2D eigenvalue weighted by molar-refractivity contribution is 0.418. The summed E-state index contributed by atoms with van der Waals surface area (Å²) >= 11 is 0. The highest BCUT2D eigenvalue weighted by molar-refractivity contribution is 5.00. The maximum Gasteiger partial charge on any atom is 0.127 e. The van der Waals surface area contributed by atoms with Gasteiger partial charge in [0.1, 0.15) is 6.26 Å². The Hall–Kier alpha value is -0.830. The van der Waals surface area contributed by atoms with E-state index < -0.39 is 0 Å². The second-order valence-electron chi connectivity index (χ2n) is 3.01. The molecule has 3 heteroatoms. The van der Waals surface area contributed by atoms with Crippen LogP contribution in [0.15, 0.2) is 17.0 Å². The lowest BCUT2D eigenvalue weighted by Gasteiger charge is -1.97. The maximum atomic E-state index is 4.71. The summed E-state index contributed by atoms with van der Waals surface area (Å²) in [4.78, 5) is 0. The van der Waals surface area contributed by atoms with Gasteiger partial charge >= 0.3 is 0 Å². The largest absolute Gasteiger partial charge is 0.364 e. The van der Waals surface area contributed by atoms with Crippen LogP contribution in [0.2, 0.25) is 0 Å². The molecule has 0 amide bonds. The van der Waals surface area contributed by atoms with Crippen molar-refractivity contribution < 1.29 is 4.52 Å². The van der Waals surface area contributed by atoms with Gasteiger partial charge in [-0.15, -0.1) is 0 Å². The van der Waals surface area contributed by atoms with E-state index in [1.807, 2.05) is 0 Å². The number of hydrogen-bond acceptors (Lipinski definition) is 3. The summed E-state index contributed by atoms with van der Waals surface area (Å²) in [5.41, 5.74) is 1.18. The molecule has 1 saturated carbocycles. The SMILES string of the molecule is c1nocc1CCNC1CC1. The zero-order valence-corrected chi connectivity index (χ0v) is 6.42. The van der Waals surface area contributed by atoms with Crippen LogP contribution in [0.4, 0.5) is 0 Å². The van der Waals surface area contributed by atoms with Gasteiger partial charge in [0, 0.05) is 11.6 Å². The molecule has 11 heavy (non-hydrogen) atoms. The van der Waals surface area contributed by atoms with Crippen LogP contribution in [-0.4, -0.2) is 17.7 Å². The summed E-state index contributed by atoms with van der Waals surface area (Å²) in [6.07, 6.45) is 7.20. The first kappa shape index (κ1) is 6.85. The van der Waals surface area contributed by atoms with Gasteiger partial charge in [0.15, 0.2) is 0 Å². The Labute approximate surface area is 65.8 Å². The van der Waals surface area contributed by atoms with Crippen LogP contribution in [0.3, 0.4) is 0 Å². The molecule has 1 aliphatic carbocycles. The van der Waals surface area contributed by atoms with E-state index in [2.05, 4.69) is 10.5 Å². The molecule has 1 N–H and O–H groups in total. The second-order valence-corrected chi connectivity index (χ2v) is 3.01. The average Bonchev–Trinajstić information content (AvgIpc) is 2.66. The van der Waals surface area contributed by atoms with Crippen LogP contribution in [0, 0.1) is 0 Å². The predicted octanol–water partition coefficient (Wildman–Crippen LogP) is 0.969. The van der Waals surface area contributed by atoms with Gasteiger partial charge in [-0.3, -0.25) is 0 Å². The minimum absolute atomic E-state index is 0.801. The number of aromatic nitrogens is 1. The van der Waals surface area contributed by atoms with Crippen molar-refractivity contribution in [2.45, 2.75) is 25.3 Å². The van der Waals surface area contributed by atoms with Gasteiger partial charge in [-0.1, -0.05) is 5.16 Å². The minimum atomic E-state index is 0.801. The van der Waals surface area contributed by atoms with E-state index in [0.717, 1.165) is 19.0 Å². The van der Waals surface area contributed by atoms with Gasteiger partial charge in [-0.2, -0.15) is 0 Å². The second kappa shape index (κ2) is 3.05. The fraction of sp³-hybridized carbons (Fsp3) is 0.625. The van der Waals surface area contributed by atoms with Gasteiger partial charge in [-0.05, 0) is 25.8 Å². The monoisotopic (exact) mass is 152 g/mol. The number of rotatable bonds is 4. The number of nitrogens with zero attached hydrogens (tertiary/aromatic N) is 1.